The molecule has 3 rings (SSSR count). The van der Waals surface area contributed by atoms with E-state index in [0.717, 1.165) is 58.5 Å². The highest BCUT2D eigenvalue weighted by Gasteiger charge is 2.42. The SMILES string of the molecule is CCc1nc(C)sc1CN1CCN(C)[C@]2(CCC(=O)N(CC)CC2)C1. The van der Waals surface area contributed by atoms with Gasteiger partial charge in [0.25, 0.3) is 0 Å². The summed E-state index contributed by atoms with van der Waals surface area (Å²) in [5, 5.41) is 1.18. The van der Waals surface area contributed by atoms with Gasteiger partial charge in [0.2, 0.25) is 5.91 Å². The van der Waals surface area contributed by atoms with Gasteiger partial charge in [-0.2, -0.15) is 0 Å². The van der Waals surface area contributed by atoms with Gasteiger partial charge in [0.15, 0.2) is 0 Å². The lowest BCUT2D eigenvalue weighted by Gasteiger charge is -2.49. The van der Waals surface area contributed by atoms with E-state index in [1.54, 1.807) is 0 Å². The summed E-state index contributed by atoms with van der Waals surface area (Å²) in [5.74, 6) is 0.330. The second-order valence-corrected chi connectivity index (χ2v) is 8.82. The van der Waals surface area contributed by atoms with Gasteiger partial charge in [0.05, 0.1) is 10.7 Å². The molecule has 2 aliphatic heterocycles. The average molecular weight is 365 g/mol. The standard InChI is InChI=1S/C19H32N4OS/c1-5-16-17(25-15(3)20-16)13-22-12-11-21(4)19(14-22)8-7-18(24)23(6-2)10-9-19/h5-14H2,1-4H3/t19-/m0/s1. The Kier molecular flexibility index (Phi) is 5.81. The fourth-order valence-electron chi connectivity index (χ4n) is 4.36. The van der Waals surface area contributed by atoms with Crippen LogP contribution in [-0.2, 0) is 17.8 Å². The second-order valence-electron chi connectivity index (χ2n) is 7.54. The van der Waals surface area contributed by atoms with Crippen molar-refractivity contribution in [3.8, 4) is 0 Å². The van der Waals surface area contributed by atoms with Crippen molar-refractivity contribution < 1.29 is 4.79 Å². The number of piperazine rings is 1. The Morgan fingerprint density at radius 1 is 1.20 bits per heavy atom. The van der Waals surface area contributed by atoms with Crippen LogP contribution in [0.2, 0.25) is 0 Å². The summed E-state index contributed by atoms with van der Waals surface area (Å²) in [7, 11) is 2.25. The number of hydrogen-bond donors (Lipinski definition) is 0. The summed E-state index contributed by atoms with van der Waals surface area (Å²) in [6.45, 7) is 12.4. The number of likely N-dealkylation sites (N-methyl/N-ethyl adjacent to an activating group) is 1. The van der Waals surface area contributed by atoms with Crippen LogP contribution in [-0.4, -0.2) is 70.9 Å². The lowest BCUT2D eigenvalue weighted by molar-refractivity contribution is -0.130. The molecule has 1 aromatic rings. The number of aromatic nitrogens is 1. The van der Waals surface area contributed by atoms with Crippen LogP contribution in [0.4, 0.5) is 0 Å². The Morgan fingerprint density at radius 2 is 2.00 bits per heavy atom. The minimum Gasteiger partial charge on any atom is -0.343 e. The molecule has 2 aliphatic rings. The minimum atomic E-state index is 0.143. The van der Waals surface area contributed by atoms with E-state index in [2.05, 4.69) is 42.6 Å². The number of thiazole rings is 1. The molecule has 0 radical (unpaired) electrons. The van der Waals surface area contributed by atoms with Gasteiger partial charge in [-0.15, -0.1) is 11.3 Å². The van der Waals surface area contributed by atoms with Crippen molar-refractivity contribution in [3.63, 3.8) is 0 Å². The number of carbonyl (C=O) groups excluding carboxylic acids is 1. The van der Waals surface area contributed by atoms with Crippen molar-refractivity contribution in [2.24, 2.45) is 0 Å². The summed E-state index contributed by atoms with van der Waals surface area (Å²) < 4.78 is 0. The predicted molar refractivity (Wildman–Crippen MR) is 103 cm³/mol. The van der Waals surface area contributed by atoms with Crippen molar-refractivity contribution in [1.82, 2.24) is 19.7 Å². The molecule has 0 aliphatic carbocycles. The third-order valence-electron chi connectivity index (χ3n) is 6.05. The number of likely N-dealkylation sites (tertiary alicyclic amines) is 1. The number of hydrogen-bond acceptors (Lipinski definition) is 5. The molecule has 1 aromatic heterocycles. The third kappa shape index (κ3) is 3.91. The van der Waals surface area contributed by atoms with E-state index in [1.807, 2.05) is 16.2 Å². The molecule has 25 heavy (non-hydrogen) atoms. The molecule has 2 saturated heterocycles. The summed E-state index contributed by atoms with van der Waals surface area (Å²) >= 11 is 1.85. The van der Waals surface area contributed by atoms with Crippen LogP contribution >= 0.6 is 11.3 Å². The zero-order valence-electron chi connectivity index (χ0n) is 16.2. The van der Waals surface area contributed by atoms with E-state index in [9.17, 15) is 4.79 Å². The molecule has 6 heteroatoms. The van der Waals surface area contributed by atoms with Crippen molar-refractivity contribution in [2.75, 3.05) is 39.8 Å². The number of amides is 1. The Labute approximate surface area is 156 Å². The molecule has 1 atom stereocenters. The fourth-order valence-corrected chi connectivity index (χ4v) is 5.43. The van der Waals surface area contributed by atoms with E-state index in [4.69, 9.17) is 0 Å². The van der Waals surface area contributed by atoms with Gasteiger partial charge in [-0.05, 0) is 40.2 Å². The summed E-state index contributed by atoms with van der Waals surface area (Å²) in [6.07, 6.45) is 3.77. The van der Waals surface area contributed by atoms with Crippen molar-refractivity contribution >= 4 is 17.2 Å². The second kappa shape index (κ2) is 7.72. The highest BCUT2D eigenvalue weighted by atomic mass is 32.1. The van der Waals surface area contributed by atoms with E-state index in [-0.39, 0.29) is 5.54 Å². The first-order chi connectivity index (χ1) is 12.0. The highest BCUT2D eigenvalue weighted by Crippen LogP contribution is 2.33. The molecular formula is C19H32N4OS. The van der Waals surface area contributed by atoms with Gasteiger partial charge in [0, 0.05) is 56.1 Å². The van der Waals surface area contributed by atoms with Crippen LogP contribution in [0.3, 0.4) is 0 Å². The van der Waals surface area contributed by atoms with E-state index in [1.165, 1.54) is 15.6 Å². The summed E-state index contributed by atoms with van der Waals surface area (Å²) in [4.78, 5) is 25.6. The van der Waals surface area contributed by atoms with Gasteiger partial charge < -0.3 is 4.90 Å². The number of rotatable bonds is 4. The first-order valence-electron chi connectivity index (χ1n) is 9.64. The zero-order chi connectivity index (χ0) is 18.0. The number of carbonyl (C=O) groups is 1. The van der Waals surface area contributed by atoms with Crippen LogP contribution in [0.25, 0.3) is 0 Å². The van der Waals surface area contributed by atoms with E-state index in [0.29, 0.717) is 12.3 Å². The molecule has 5 nitrogen and oxygen atoms in total. The highest BCUT2D eigenvalue weighted by molar-refractivity contribution is 7.11. The summed E-state index contributed by atoms with van der Waals surface area (Å²) in [5.41, 5.74) is 1.41. The van der Waals surface area contributed by atoms with Crippen LogP contribution in [0.5, 0.6) is 0 Å². The maximum Gasteiger partial charge on any atom is 0.222 e. The maximum absolute atomic E-state index is 12.3. The molecule has 2 fully saturated rings. The minimum absolute atomic E-state index is 0.143. The summed E-state index contributed by atoms with van der Waals surface area (Å²) in [6, 6.07) is 0. The molecule has 0 saturated carbocycles. The van der Waals surface area contributed by atoms with Gasteiger partial charge >= 0.3 is 0 Å². The third-order valence-corrected chi connectivity index (χ3v) is 7.05. The molecule has 0 N–H and O–H groups in total. The van der Waals surface area contributed by atoms with Crippen molar-refractivity contribution in [3.05, 3.63) is 15.6 Å². The first kappa shape index (κ1) is 18.8. The predicted octanol–water partition coefficient (Wildman–Crippen LogP) is 2.53. The van der Waals surface area contributed by atoms with Crippen molar-refractivity contribution in [2.45, 2.75) is 58.5 Å². The molecule has 0 aromatic carbocycles. The lowest BCUT2D eigenvalue weighted by Crippen LogP contribution is -2.60. The zero-order valence-corrected chi connectivity index (χ0v) is 17.0. The van der Waals surface area contributed by atoms with Gasteiger partial charge in [-0.25, -0.2) is 4.98 Å². The van der Waals surface area contributed by atoms with Crippen molar-refractivity contribution in [1.29, 1.82) is 0 Å². The smallest absolute Gasteiger partial charge is 0.222 e. The normalized spacial score (nSPS) is 26.4. The van der Waals surface area contributed by atoms with Gasteiger partial charge in [0.1, 0.15) is 0 Å². The van der Waals surface area contributed by atoms with Crippen LogP contribution in [0.1, 0.15) is 48.7 Å². The molecule has 0 bridgehead atoms. The Balaban J connectivity index is 1.73. The fraction of sp³-hybridized carbons (Fsp3) is 0.789. The van der Waals surface area contributed by atoms with Gasteiger partial charge in [-0.1, -0.05) is 6.92 Å². The van der Waals surface area contributed by atoms with Gasteiger partial charge in [-0.3, -0.25) is 14.6 Å². The van der Waals surface area contributed by atoms with Crippen LogP contribution in [0, 0.1) is 6.92 Å². The number of nitrogens with zero attached hydrogens (tertiary/aromatic N) is 4. The Bertz CT molecular complexity index is 617. The Morgan fingerprint density at radius 3 is 2.72 bits per heavy atom. The molecule has 1 amide bonds. The first-order valence-corrected chi connectivity index (χ1v) is 10.5. The monoisotopic (exact) mass is 364 g/mol. The largest absolute Gasteiger partial charge is 0.343 e. The Hall–Kier alpha value is -0.980. The van der Waals surface area contributed by atoms with E-state index < -0.39 is 0 Å². The van der Waals surface area contributed by atoms with E-state index >= 15 is 0 Å². The van der Waals surface area contributed by atoms with Crippen LogP contribution < -0.4 is 0 Å². The molecule has 0 unspecified atom stereocenters. The molecule has 3 heterocycles. The maximum atomic E-state index is 12.3. The van der Waals surface area contributed by atoms with Crippen LogP contribution in [0.15, 0.2) is 0 Å². The topological polar surface area (TPSA) is 39.7 Å². The lowest BCUT2D eigenvalue weighted by atomic mass is 9.86. The number of aryl methyl sites for hydroxylation is 2. The molecule has 1 spiro atoms. The quantitative estimate of drug-likeness (QED) is 0.823. The molecular weight excluding hydrogens is 332 g/mol. The molecule has 140 valence electrons. The average Bonchev–Trinajstić information content (AvgIpc) is 2.87.